The maximum atomic E-state index is 12.3. The molecule has 4 nitrogen and oxygen atoms in total. The van der Waals surface area contributed by atoms with Crippen LogP contribution < -0.4 is 5.32 Å². The summed E-state index contributed by atoms with van der Waals surface area (Å²) in [7, 11) is 0. The standard InChI is InChI=1S/C52H91NO3/c1-3-5-7-9-11-12-13-14-15-16-17-18-19-20-21-22-23-24-25-26-27-28-29-30-31-32-33-34-35-36-37-38-39-40-42-44-46-48-52(56)53-50(49-54)51(55)47-45-43-41-10-8-6-4-2/h5,7,11-12,14-15,17-18,20-21,23-24,45,47,50-51,54-55H,3-4,6,8-10,13,16,19,22,25-44,46,48-49H2,1-2H3,(H,53,56)/b7-5-,12-11-,15-14-,18-17-,21-20-,24-23-,47-45+. The molecule has 2 atom stereocenters. The first-order valence-electron chi connectivity index (χ1n) is 23.8. The monoisotopic (exact) mass is 778 g/mol. The van der Waals surface area contributed by atoms with E-state index in [0.29, 0.717) is 6.42 Å². The smallest absolute Gasteiger partial charge is 0.220 e. The Hall–Kier alpha value is -2.43. The van der Waals surface area contributed by atoms with Gasteiger partial charge in [-0.2, -0.15) is 0 Å². The minimum absolute atomic E-state index is 0.0699. The van der Waals surface area contributed by atoms with E-state index >= 15 is 0 Å². The number of amides is 1. The molecule has 322 valence electrons. The number of hydrogen-bond acceptors (Lipinski definition) is 3. The lowest BCUT2D eigenvalue weighted by atomic mass is 10.0. The zero-order valence-electron chi connectivity index (χ0n) is 36.9. The summed E-state index contributed by atoms with van der Waals surface area (Å²) in [5, 5.41) is 22.8. The molecule has 4 heteroatoms. The van der Waals surface area contributed by atoms with Gasteiger partial charge in [-0.05, 0) is 70.6 Å². The number of allylic oxidation sites excluding steroid dienone is 13. The second-order valence-corrected chi connectivity index (χ2v) is 15.8. The molecule has 0 spiro atoms. The first-order valence-corrected chi connectivity index (χ1v) is 23.8. The van der Waals surface area contributed by atoms with Crippen molar-refractivity contribution in [3.8, 4) is 0 Å². The summed E-state index contributed by atoms with van der Waals surface area (Å²) in [5.41, 5.74) is 0. The highest BCUT2D eigenvalue weighted by molar-refractivity contribution is 5.76. The minimum atomic E-state index is -0.837. The second kappa shape index (κ2) is 46.9. The number of rotatable bonds is 42. The van der Waals surface area contributed by atoms with E-state index < -0.39 is 12.1 Å². The van der Waals surface area contributed by atoms with Crippen molar-refractivity contribution in [1.82, 2.24) is 5.32 Å². The lowest BCUT2D eigenvalue weighted by molar-refractivity contribution is -0.123. The van der Waals surface area contributed by atoms with Gasteiger partial charge in [-0.25, -0.2) is 0 Å². The maximum absolute atomic E-state index is 12.3. The van der Waals surface area contributed by atoms with Crippen LogP contribution in [0.1, 0.15) is 219 Å². The van der Waals surface area contributed by atoms with Crippen LogP contribution in [0.4, 0.5) is 0 Å². The van der Waals surface area contributed by atoms with Crippen LogP contribution in [0.5, 0.6) is 0 Å². The predicted octanol–water partition coefficient (Wildman–Crippen LogP) is 15.2. The second-order valence-electron chi connectivity index (χ2n) is 15.8. The SMILES string of the molecule is CC/C=C\C/C=C\C/C=C\C/C=C\C/C=C\C/C=C\CCCCCCCCCCCCCCCCCCCCC(=O)NC(CO)C(O)/C=C/CCCCCCC. The Morgan fingerprint density at radius 3 is 1.18 bits per heavy atom. The van der Waals surface area contributed by atoms with Crippen molar-refractivity contribution in [3.63, 3.8) is 0 Å². The van der Waals surface area contributed by atoms with Crippen LogP contribution in [0.3, 0.4) is 0 Å². The van der Waals surface area contributed by atoms with Crippen molar-refractivity contribution in [3.05, 3.63) is 85.1 Å². The van der Waals surface area contributed by atoms with Crippen molar-refractivity contribution < 1.29 is 15.0 Å². The highest BCUT2D eigenvalue weighted by Gasteiger charge is 2.17. The molecule has 3 N–H and O–H groups in total. The highest BCUT2D eigenvalue weighted by atomic mass is 16.3. The molecule has 0 aromatic carbocycles. The third kappa shape index (κ3) is 42.7. The minimum Gasteiger partial charge on any atom is -0.394 e. The highest BCUT2D eigenvalue weighted by Crippen LogP contribution is 2.15. The summed E-state index contributed by atoms with van der Waals surface area (Å²) < 4.78 is 0. The Balaban J connectivity index is 3.44. The molecule has 0 aliphatic heterocycles. The van der Waals surface area contributed by atoms with Gasteiger partial charge in [0.2, 0.25) is 5.91 Å². The van der Waals surface area contributed by atoms with Gasteiger partial charge >= 0.3 is 0 Å². The topological polar surface area (TPSA) is 69.6 Å². The molecule has 0 fully saturated rings. The first kappa shape index (κ1) is 53.6. The third-order valence-electron chi connectivity index (χ3n) is 10.4. The predicted molar refractivity (Wildman–Crippen MR) is 248 cm³/mol. The average molecular weight is 778 g/mol. The van der Waals surface area contributed by atoms with Crippen molar-refractivity contribution in [1.29, 1.82) is 0 Å². The lowest BCUT2D eigenvalue weighted by Gasteiger charge is -2.20. The lowest BCUT2D eigenvalue weighted by Crippen LogP contribution is -2.45. The largest absolute Gasteiger partial charge is 0.394 e. The first-order chi connectivity index (χ1) is 27.7. The van der Waals surface area contributed by atoms with Crippen molar-refractivity contribution >= 4 is 5.91 Å². The fourth-order valence-corrected chi connectivity index (χ4v) is 6.77. The van der Waals surface area contributed by atoms with Crippen LogP contribution in [-0.2, 0) is 4.79 Å². The van der Waals surface area contributed by atoms with Crippen LogP contribution in [-0.4, -0.2) is 34.9 Å². The molecule has 0 aromatic heterocycles. The quantitative estimate of drug-likeness (QED) is 0.0427. The van der Waals surface area contributed by atoms with Gasteiger partial charge in [-0.15, -0.1) is 0 Å². The van der Waals surface area contributed by atoms with Crippen LogP contribution in [0.25, 0.3) is 0 Å². The molecule has 0 saturated carbocycles. The number of aliphatic hydroxyl groups excluding tert-OH is 2. The van der Waals surface area contributed by atoms with Gasteiger partial charge in [0.1, 0.15) is 0 Å². The van der Waals surface area contributed by atoms with Crippen molar-refractivity contribution in [2.75, 3.05) is 6.61 Å². The number of carbonyl (C=O) groups is 1. The molecule has 0 bridgehead atoms. The van der Waals surface area contributed by atoms with E-state index in [-0.39, 0.29) is 12.5 Å². The molecule has 0 aliphatic rings. The molecule has 56 heavy (non-hydrogen) atoms. The molecule has 0 rings (SSSR count). The van der Waals surface area contributed by atoms with Gasteiger partial charge in [0.15, 0.2) is 0 Å². The summed E-state index contributed by atoms with van der Waals surface area (Å²) in [6, 6.07) is -0.621. The molecule has 0 radical (unpaired) electrons. The Morgan fingerprint density at radius 1 is 0.446 bits per heavy atom. The van der Waals surface area contributed by atoms with E-state index in [1.165, 1.54) is 135 Å². The van der Waals surface area contributed by atoms with Crippen LogP contribution >= 0.6 is 0 Å². The van der Waals surface area contributed by atoms with Crippen LogP contribution in [0.2, 0.25) is 0 Å². The van der Waals surface area contributed by atoms with E-state index in [2.05, 4.69) is 92.1 Å². The summed E-state index contributed by atoms with van der Waals surface area (Å²) in [4.78, 5) is 12.3. The zero-order chi connectivity index (χ0) is 40.7. The summed E-state index contributed by atoms with van der Waals surface area (Å²) in [5.74, 6) is -0.0699. The molecule has 0 saturated heterocycles. The Labute approximate surface area is 348 Å². The van der Waals surface area contributed by atoms with E-state index in [1.54, 1.807) is 6.08 Å². The molecule has 0 aromatic rings. The van der Waals surface area contributed by atoms with E-state index in [4.69, 9.17) is 0 Å². The number of hydrogen-bond donors (Lipinski definition) is 3. The molecular weight excluding hydrogens is 687 g/mol. The Morgan fingerprint density at radius 2 is 0.786 bits per heavy atom. The normalized spacial score (nSPS) is 13.7. The summed E-state index contributed by atoms with van der Waals surface area (Å²) in [6.45, 7) is 4.13. The Kier molecular flexibility index (Phi) is 44.9. The summed E-state index contributed by atoms with van der Waals surface area (Å²) >= 11 is 0. The van der Waals surface area contributed by atoms with E-state index in [0.717, 1.165) is 64.2 Å². The zero-order valence-corrected chi connectivity index (χ0v) is 36.9. The molecule has 0 aliphatic carbocycles. The molecule has 0 heterocycles. The molecular formula is C52H91NO3. The number of unbranched alkanes of at least 4 members (excludes halogenated alkanes) is 23. The number of carbonyl (C=O) groups excluding carboxylic acids is 1. The van der Waals surface area contributed by atoms with Gasteiger partial charge in [-0.3, -0.25) is 4.79 Å². The fourth-order valence-electron chi connectivity index (χ4n) is 6.77. The van der Waals surface area contributed by atoms with Crippen molar-refractivity contribution in [2.45, 2.75) is 231 Å². The third-order valence-corrected chi connectivity index (χ3v) is 10.4. The van der Waals surface area contributed by atoms with Gasteiger partial charge in [0.25, 0.3) is 0 Å². The van der Waals surface area contributed by atoms with E-state index in [1.807, 2.05) is 6.08 Å². The Bertz CT molecular complexity index is 1020. The van der Waals surface area contributed by atoms with Crippen molar-refractivity contribution in [2.24, 2.45) is 0 Å². The average Bonchev–Trinajstić information content (AvgIpc) is 3.20. The maximum Gasteiger partial charge on any atom is 0.220 e. The fraction of sp³-hybridized carbons (Fsp3) is 0.712. The number of aliphatic hydroxyl groups is 2. The van der Waals surface area contributed by atoms with Gasteiger partial charge in [-0.1, -0.05) is 227 Å². The van der Waals surface area contributed by atoms with Gasteiger partial charge < -0.3 is 15.5 Å². The van der Waals surface area contributed by atoms with Gasteiger partial charge in [0, 0.05) is 6.42 Å². The van der Waals surface area contributed by atoms with Crippen LogP contribution in [0, 0.1) is 0 Å². The van der Waals surface area contributed by atoms with Crippen LogP contribution in [0.15, 0.2) is 85.1 Å². The molecule has 1 amide bonds. The van der Waals surface area contributed by atoms with Gasteiger partial charge in [0.05, 0.1) is 18.8 Å². The van der Waals surface area contributed by atoms with E-state index in [9.17, 15) is 15.0 Å². The molecule has 2 unspecified atom stereocenters. The summed E-state index contributed by atoms with van der Waals surface area (Å²) in [6.07, 6.45) is 68.8. The number of nitrogens with one attached hydrogen (secondary N) is 1.